The predicted molar refractivity (Wildman–Crippen MR) is 67.4 cm³/mol. The standard InChI is InChI=1S/C14H17F3O3/c1-3-8-13(20,12(18)19)9(2)10-4-6-11(7-5-10)14(15,16)17/h4-7,9,20H,3,8H2,1-2H3,(H,18,19). The van der Waals surface area contributed by atoms with Crippen LogP contribution in [0.15, 0.2) is 24.3 Å². The number of aliphatic hydroxyl groups is 1. The summed E-state index contributed by atoms with van der Waals surface area (Å²) >= 11 is 0. The third-order valence-electron chi connectivity index (χ3n) is 3.46. The molecule has 0 heterocycles. The second kappa shape index (κ2) is 5.83. The zero-order valence-electron chi connectivity index (χ0n) is 11.2. The Morgan fingerprint density at radius 1 is 1.25 bits per heavy atom. The Balaban J connectivity index is 3.08. The van der Waals surface area contributed by atoms with Crippen molar-refractivity contribution in [2.45, 2.75) is 44.4 Å². The fraction of sp³-hybridized carbons (Fsp3) is 0.500. The highest BCUT2D eigenvalue weighted by molar-refractivity contribution is 5.78. The zero-order chi connectivity index (χ0) is 15.6. The van der Waals surface area contributed by atoms with Crippen LogP contribution in [0.3, 0.4) is 0 Å². The molecule has 0 saturated heterocycles. The molecule has 2 unspecified atom stereocenters. The van der Waals surface area contributed by atoms with Gasteiger partial charge >= 0.3 is 12.1 Å². The van der Waals surface area contributed by atoms with Gasteiger partial charge in [-0.3, -0.25) is 0 Å². The van der Waals surface area contributed by atoms with Gasteiger partial charge in [0.15, 0.2) is 5.60 Å². The number of benzene rings is 1. The molecule has 2 N–H and O–H groups in total. The molecule has 0 aliphatic carbocycles. The average molecular weight is 290 g/mol. The molecule has 0 saturated carbocycles. The van der Waals surface area contributed by atoms with Gasteiger partial charge in [0.1, 0.15) is 0 Å². The number of hydrogen-bond donors (Lipinski definition) is 2. The van der Waals surface area contributed by atoms with Gasteiger partial charge in [-0.25, -0.2) is 4.79 Å². The van der Waals surface area contributed by atoms with Gasteiger partial charge in [0.2, 0.25) is 0 Å². The molecule has 0 aromatic heterocycles. The molecule has 6 heteroatoms. The molecule has 2 atom stereocenters. The van der Waals surface area contributed by atoms with Crippen LogP contribution in [0.5, 0.6) is 0 Å². The van der Waals surface area contributed by atoms with Gasteiger partial charge < -0.3 is 10.2 Å². The van der Waals surface area contributed by atoms with Crippen LogP contribution in [0.1, 0.15) is 43.7 Å². The molecule has 0 radical (unpaired) electrons. The minimum atomic E-state index is -4.44. The fourth-order valence-corrected chi connectivity index (χ4v) is 2.13. The minimum absolute atomic E-state index is 0.0323. The van der Waals surface area contributed by atoms with Gasteiger partial charge in [-0.1, -0.05) is 32.4 Å². The highest BCUT2D eigenvalue weighted by Crippen LogP contribution is 2.35. The predicted octanol–water partition coefficient (Wildman–Crippen LogP) is 3.42. The molecular formula is C14H17F3O3. The van der Waals surface area contributed by atoms with E-state index in [1.165, 1.54) is 19.1 Å². The van der Waals surface area contributed by atoms with Crippen LogP contribution in [-0.2, 0) is 11.0 Å². The summed E-state index contributed by atoms with van der Waals surface area (Å²) in [5.41, 5.74) is -2.42. The Hall–Kier alpha value is -1.56. The Morgan fingerprint density at radius 3 is 2.10 bits per heavy atom. The SMILES string of the molecule is CCCC(O)(C(=O)O)C(C)c1ccc(C(F)(F)F)cc1. The van der Waals surface area contributed by atoms with E-state index in [1.54, 1.807) is 6.92 Å². The lowest BCUT2D eigenvalue weighted by atomic mass is 9.80. The van der Waals surface area contributed by atoms with Crippen molar-refractivity contribution in [2.24, 2.45) is 0 Å². The number of hydrogen-bond acceptors (Lipinski definition) is 2. The van der Waals surface area contributed by atoms with Gasteiger partial charge in [-0.05, 0) is 24.1 Å². The van der Waals surface area contributed by atoms with Crippen molar-refractivity contribution in [3.05, 3.63) is 35.4 Å². The van der Waals surface area contributed by atoms with E-state index in [4.69, 9.17) is 5.11 Å². The lowest BCUT2D eigenvalue weighted by molar-refractivity contribution is -0.161. The van der Waals surface area contributed by atoms with Crippen molar-refractivity contribution < 1.29 is 28.2 Å². The Morgan fingerprint density at radius 2 is 1.75 bits per heavy atom. The third-order valence-corrected chi connectivity index (χ3v) is 3.46. The highest BCUT2D eigenvalue weighted by Gasteiger charge is 2.41. The maximum Gasteiger partial charge on any atom is 0.416 e. The first-order chi connectivity index (χ1) is 9.13. The van der Waals surface area contributed by atoms with Crippen LogP contribution in [0.2, 0.25) is 0 Å². The summed E-state index contributed by atoms with van der Waals surface area (Å²) in [7, 11) is 0. The number of aliphatic carboxylic acids is 1. The van der Waals surface area contributed by atoms with Gasteiger partial charge in [-0.15, -0.1) is 0 Å². The molecule has 0 aliphatic rings. The average Bonchev–Trinajstić information content (AvgIpc) is 2.37. The van der Waals surface area contributed by atoms with Crippen LogP contribution in [0.4, 0.5) is 13.2 Å². The summed E-state index contributed by atoms with van der Waals surface area (Å²) in [6.07, 6.45) is -3.95. The zero-order valence-corrected chi connectivity index (χ0v) is 11.2. The fourth-order valence-electron chi connectivity index (χ4n) is 2.13. The second-order valence-corrected chi connectivity index (χ2v) is 4.82. The van der Waals surface area contributed by atoms with Crippen LogP contribution in [0, 0.1) is 0 Å². The lowest BCUT2D eigenvalue weighted by Gasteiger charge is -2.30. The molecule has 0 spiro atoms. The Bertz CT molecular complexity index is 468. The number of carbonyl (C=O) groups is 1. The highest BCUT2D eigenvalue weighted by atomic mass is 19.4. The van der Waals surface area contributed by atoms with Crippen LogP contribution in [0.25, 0.3) is 0 Å². The lowest BCUT2D eigenvalue weighted by Crippen LogP contribution is -2.43. The first-order valence-corrected chi connectivity index (χ1v) is 6.26. The van der Waals surface area contributed by atoms with E-state index in [-0.39, 0.29) is 6.42 Å². The molecule has 0 bridgehead atoms. The van der Waals surface area contributed by atoms with E-state index in [9.17, 15) is 23.1 Å². The third kappa shape index (κ3) is 3.30. The number of alkyl halides is 3. The van der Waals surface area contributed by atoms with Gasteiger partial charge in [-0.2, -0.15) is 13.2 Å². The van der Waals surface area contributed by atoms with E-state index in [0.717, 1.165) is 12.1 Å². The topological polar surface area (TPSA) is 57.5 Å². The van der Waals surface area contributed by atoms with E-state index in [1.807, 2.05) is 0 Å². The molecule has 112 valence electrons. The normalized spacial score (nSPS) is 16.5. The van der Waals surface area contributed by atoms with Crippen molar-refractivity contribution in [1.82, 2.24) is 0 Å². The minimum Gasteiger partial charge on any atom is -0.479 e. The summed E-state index contributed by atoms with van der Waals surface area (Å²) < 4.78 is 37.4. The maximum absolute atomic E-state index is 12.5. The molecule has 1 aromatic carbocycles. The molecule has 0 fully saturated rings. The van der Waals surface area contributed by atoms with E-state index < -0.39 is 29.2 Å². The number of rotatable bonds is 5. The van der Waals surface area contributed by atoms with E-state index in [0.29, 0.717) is 12.0 Å². The van der Waals surface area contributed by atoms with Crippen molar-refractivity contribution in [3.8, 4) is 0 Å². The maximum atomic E-state index is 12.5. The van der Waals surface area contributed by atoms with E-state index in [2.05, 4.69) is 0 Å². The summed E-state index contributed by atoms with van der Waals surface area (Å²) in [4.78, 5) is 11.2. The monoisotopic (exact) mass is 290 g/mol. The number of carboxylic acid groups (broad SMARTS) is 1. The molecule has 0 amide bonds. The Labute approximate surface area is 115 Å². The molecule has 3 nitrogen and oxygen atoms in total. The summed E-state index contributed by atoms with van der Waals surface area (Å²) in [6, 6.07) is 4.19. The number of halogens is 3. The quantitative estimate of drug-likeness (QED) is 0.873. The van der Waals surface area contributed by atoms with Crippen molar-refractivity contribution >= 4 is 5.97 Å². The van der Waals surface area contributed by atoms with Gasteiger partial charge in [0.25, 0.3) is 0 Å². The molecule has 1 rings (SSSR count). The molecule has 20 heavy (non-hydrogen) atoms. The second-order valence-electron chi connectivity index (χ2n) is 4.82. The van der Waals surface area contributed by atoms with Crippen LogP contribution >= 0.6 is 0 Å². The van der Waals surface area contributed by atoms with Crippen molar-refractivity contribution in [2.75, 3.05) is 0 Å². The first kappa shape index (κ1) is 16.5. The van der Waals surface area contributed by atoms with Crippen LogP contribution < -0.4 is 0 Å². The van der Waals surface area contributed by atoms with Gasteiger partial charge in [0.05, 0.1) is 5.56 Å². The van der Waals surface area contributed by atoms with Crippen molar-refractivity contribution in [3.63, 3.8) is 0 Å². The van der Waals surface area contributed by atoms with Gasteiger partial charge in [0, 0.05) is 5.92 Å². The largest absolute Gasteiger partial charge is 0.479 e. The smallest absolute Gasteiger partial charge is 0.416 e. The van der Waals surface area contributed by atoms with Crippen molar-refractivity contribution in [1.29, 1.82) is 0 Å². The van der Waals surface area contributed by atoms with Crippen LogP contribution in [-0.4, -0.2) is 21.8 Å². The number of carboxylic acids is 1. The first-order valence-electron chi connectivity index (χ1n) is 6.26. The molecule has 0 aliphatic heterocycles. The molecule has 1 aromatic rings. The Kier molecular flexibility index (Phi) is 4.81. The summed E-state index contributed by atoms with van der Waals surface area (Å²) in [5.74, 6) is -2.17. The summed E-state index contributed by atoms with van der Waals surface area (Å²) in [6.45, 7) is 3.22. The molecular weight excluding hydrogens is 273 g/mol. The van der Waals surface area contributed by atoms with E-state index >= 15 is 0 Å². The summed E-state index contributed by atoms with van der Waals surface area (Å²) in [5, 5.41) is 19.4.